The number of hydrogen-bond acceptors (Lipinski definition) is 13. The second kappa shape index (κ2) is 26.4. The number of unbranched alkanes of at least 4 members (excludes halogenated alkanes) is 1. The lowest BCUT2D eigenvalue weighted by atomic mass is 10.0. The first kappa shape index (κ1) is 51.3. The predicted octanol–water partition coefficient (Wildman–Crippen LogP) is -3.50. The number of amides is 8. The van der Waals surface area contributed by atoms with E-state index in [0.29, 0.717) is 30.5 Å². The molecule has 0 radical (unpaired) electrons. The van der Waals surface area contributed by atoms with Gasteiger partial charge in [0.15, 0.2) is 0 Å². The SMILES string of the molecule is CC(NC(=O)CNC(=O)C(Cc1ccc(O)cc1)NC(=O)CNC(=O)C(Cc1ccc(O)cc1)NC(=O)CNC(=O)CNC(=O)C(N)C(C)C)C(=O)NC(CCCCN)C(=O)O. The molecule has 5 unspecified atom stereocenters. The molecule has 0 aliphatic carbocycles. The van der Waals surface area contributed by atoms with Gasteiger partial charge >= 0.3 is 5.97 Å². The molecule has 8 amide bonds. The first-order valence-electron chi connectivity index (χ1n) is 19.8. The Kier molecular flexibility index (Phi) is 21.9. The van der Waals surface area contributed by atoms with Gasteiger partial charge in [-0.25, -0.2) is 4.79 Å². The van der Waals surface area contributed by atoms with Crippen LogP contribution in [0.1, 0.15) is 51.2 Å². The lowest BCUT2D eigenvalue weighted by Gasteiger charge is -2.21. The fourth-order valence-corrected chi connectivity index (χ4v) is 5.46. The molecule has 15 N–H and O–H groups in total. The third-order valence-corrected chi connectivity index (χ3v) is 9.12. The number of phenolic OH excluding ortho intramolecular Hbond substituents is 2. The van der Waals surface area contributed by atoms with Gasteiger partial charge in [-0.2, -0.15) is 0 Å². The van der Waals surface area contributed by atoms with Gasteiger partial charge in [0.25, 0.3) is 0 Å². The highest BCUT2D eigenvalue weighted by Crippen LogP contribution is 2.13. The minimum Gasteiger partial charge on any atom is -0.508 e. The van der Waals surface area contributed by atoms with Crippen LogP contribution in [0.5, 0.6) is 11.5 Å². The maximum atomic E-state index is 13.4. The van der Waals surface area contributed by atoms with Crippen molar-refractivity contribution < 1.29 is 58.5 Å². The summed E-state index contributed by atoms with van der Waals surface area (Å²) in [5.41, 5.74) is 12.2. The standard InChI is InChI=1S/C40H58N10O12/c1-22(2)35(42)39(60)46-18-31(53)43-19-33(55)48-29(16-24-7-11-26(51)12-8-24)38(59)45-21-34(56)49-30(17-25-9-13-27(52)14-10-25)37(58)44-20-32(54)47-23(3)36(57)50-28(40(61)62)6-4-5-15-41/h7-14,22-23,28-30,35,51-52H,4-6,15-21,41-42H2,1-3H3,(H,43,53)(H,44,58)(H,45,59)(H,46,60)(H,47,54)(H,48,55)(H,49,56)(H,50,57)(H,61,62). The van der Waals surface area contributed by atoms with Gasteiger partial charge in [-0.05, 0) is 74.0 Å². The molecule has 0 aromatic heterocycles. The fraction of sp³-hybridized carbons (Fsp3) is 0.475. The van der Waals surface area contributed by atoms with Gasteiger partial charge in [-0.1, -0.05) is 38.1 Å². The molecule has 2 rings (SSSR count). The summed E-state index contributed by atoms with van der Waals surface area (Å²) < 4.78 is 0. The Bertz CT molecular complexity index is 1860. The zero-order valence-electron chi connectivity index (χ0n) is 34.8. The first-order valence-corrected chi connectivity index (χ1v) is 19.8. The molecule has 0 saturated heterocycles. The van der Waals surface area contributed by atoms with Crippen molar-refractivity contribution in [3.05, 3.63) is 59.7 Å². The first-order chi connectivity index (χ1) is 29.3. The van der Waals surface area contributed by atoms with Crippen LogP contribution < -0.4 is 54.0 Å². The predicted molar refractivity (Wildman–Crippen MR) is 222 cm³/mol. The number of phenols is 2. The van der Waals surface area contributed by atoms with Gasteiger partial charge in [-0.3, -0.25) is 38.4 Å². The number of hydrogen-bond donors (Lipinski definition) is 13. The normalized spacial score (nSPS) is 13.2. The zero-order valence-corrected chi connectivity index (χ0v) is 34.8. The number of carbonyl (C=O) groups is 9. The van der Waals surface area contributed by atoms with E-state index in [-0.39, 0.29) is 36.7 Å². The second-order valence-corrected chi connectivity index (χ2v) is 14.7. The number of aliphatic carboxylic acids is 1. The third-order valence-electron chi connectivity index (χ3n) is 9.12. The number of aromatic hydroxyl groups is 2. The molecule has 0 aliphatic heterocycles. The van der Waals surface area contributed by atoms with Gasteiger partial charge in [-0.15, -0.1) is 0 Å². The third kappa shape index (κ3) is 19.5. The number of carbonyl (C=O) groups excluding carboxylic acids is 8. The molecule has 0 saturated carbocycles. The molecule has 0 fully saturated rings. The van der Waals surface area contributed by atoms with E-state index >= 15 is 0 Å². The van der Waals surface area contributed by atoms with E-state index < -0.39 is 110 Å². The molecule has 340 valence electrons. The monoisotopic (exact) mass is 870 g/mol. The Morgan fingerprint density at radius 3 is 1.39 bits per heavy atom. The van der Waals surface area contributed by atoms with Crippen LogP contribution in [0.3, 0.4) is 0 Å². The van der Waals surface area contributed by atoms with Gasteiger partial charge in [0.05, 0.1) is 32.2 Å². The Morgan fingerprint density at radius 1 is 0.532 bits per heavy atom. The van der Waals surface area contributed by atoms with Crippen molar-refractivity contribution in [2.75, 3.05) is 32.7 Å². The summed E-state index contributed by atoms with van der Waals surface area (Å²) >= 11 is 0. The van der Waals surface area contributed by atoms with Gasteiger partial charge in [0.1, 0.15) is 35.7 Å². The average molecular weight is 871 g/mol. The van der Waals surface area contributed by atoms with Crippen LogP contribution in [0.25, 0.3) is 0 Å². The van der Waals surface area contributed by atoms with Crippen LogP contribution >= 0.6 is 0 Å². The maximum Gasteiger partial charge on any atom is 0.326 e. The molecule has 0 spiro atoms. The number of benzene rings is 2. The number of nitrogens with two attached hydrogens (primary N) is 2. The summed E-state index contributed by atoms with van der Waals surface area (Å²) in [6, 6.07) is 5.59. The Labute approximate surface area is 358 Å². The van der Waals surface area contributed by atoms with E-state index in [0.717, 1.165) is 0 Å². The summed E-state index contributed by atoms with van der Waals surface area (Å²) in [6.45, 7) is 2.77. The van der Waals surface area contributed by atoms with Crippen LogP contribution in [0.15, 0.2) is 48.5 Å². The fourth-order valence-electron chi connectivity index (χ4n) is 5.46. The highest BCUT2D eigenvalue weighted by molar-refractivity contribution is 5.95. The topological polar surface area (TPSA) is 363 Å². The lowest BCUT2D eigenvalue weighted by Crippen LogP contribution is -2.55. The molecule has 22 nitrogen and oxygen atoms in total. The summed E-state index contributed by atoms with van der Waals surface area (Å²) in [4.78, 5) is 114. The van der Waals surface area contributed by atoms with E-state index in [2.05, 4.69) is 42.5 Å². The van der Waals surface area contributed by atoms with Crippen molar-refractivity contribution >= 4 is 53.2 Å². The second-order valence-electron chi connectivity index (χ2n) is 14.7. The van der Waals surface area contributed by atoms with E-state index in [4.69, 9.17) is 11.5 Å². The Balaban J connectivity index is 2.06. The minimum absolute atomic E-state index is 0.0518. The molecule has 0 heterocycles. The van der Waals surface area contributed by atoms with Gasteiger partial charge in [0, 0.05) is 12.8 Å². The molecule has 22 heteroatoms. The molecule has 5 atom stereocenters. The number of rotatable bonds is 26. The van der Waals surface area contributed by atoms with Crippen molar-refractivity contribution in [3.63, 3.8) is 0 Å². The van der Waals surface area contributed by atoms with E-state index in [9.17, 15) is 58.5 Å². The molecular formula is C40H58N10O12. The van der Waals surface area contributed by atoms with Gasteiger partial charge < -0.3 is 69.3 Å². The van der Waals surface area contributed by atoms with Crippen molar-refractivity contribution in [1.82, 2.24) is 42.5 Å². The summed E-state index contributed by atoms with van der Waals surface area (Å²) in [6.07, 6.45) is 0.897. The molecule has 0 bridgehead atoms. The molecule has 0 aliphatic rings. The van der Waals surface area contributed by atoms with Crippen LogP contribution in [0.2, 0.25) is 0 Å². The Morgan fingerprint density at radius 2 is 0.952 bits per heavy atom. The zero-order chi connectivity index (χ0) is 46.4. The van der Waals surface area contributed by atoms with Crippen LogP contribution in [-0.4, -0.2) is 131 Å². The largest absolute Gasteiger partial charge is 0.508 e. The molecule has 2 aromatic carbocycles. The van der Waals surface area contributed by atoms with Crippen LogP contribution in [0, 0.1) is 5.92 Å². The number of nitrogens with one attached hydrogen (secondary N) is 8. The Hall–Kier alpha value is -6.81. The summed E-state index contributed by atoms with van der Waals surface area (Å²) in [5, 5.41) is 48.0. The lowest BCUT2D eigenvalue weighted by molar-refractivity contribution is -0.142. The van der Waals surface area contributed by atoms with E-state index in [1.165, 1.54) is 55.5 Å². The van der Waals surface area contributed by atoms with E-state index in [1.807, 2.05) is 0 Å². The molecule has 62 heavy (non-hydrogen) atoms. The molecule has 2 aromatic rings. The maximum absolute atomic E-state index is 13.4. The van der Waals surface area contributed by atoms with E-state index in [1.54, 1.807) is 13.8 Å². The van der Waals surface area contributed by atoms with Crippen molar-refractivity contribution in [1.29, 1.82) is 0 Å². The highest BCUT2D eigenvalue weighted by Gasteiger charge is 2.27. The van der Waals surface area contributed by atoms with Crippen molar-refractivity contribution in [2.45, 2.75) is 83.1 Å². The average Bonchev–Trinajstić information content (AvgIpc) is 3.23. The molecular weight excluding hydrogens is 812 g/mol. The van der Waals surface area contributed by atoms with Crippen LogP contribution in [0.4, 0.5) is 0 Å². The number of carboxylic acids is 1. The number of carboxylic acid groups (broad SMARTS) is 1. The van der Waals surface area contributed by atoms with Crippen molar-refractivity contribution in [2.24, 2.45) is 17.4 Å². The van der Waals surface area contributed by atoms with Gasteiger partial charge in [0.2, 0.25) is 47.3 Å². The quantitative estimate of drug-likeness (QED) is 0.0409. The van der Waals surface area contributed by atoms with Crippen molar-refractivity contribution in [3.8, 4) is 11.5 Å². The highest BCUT2D eigenvalue weighted by atomic mass is 16.4. The van der Waals surface area contributed by atoms with Crippen LogP contribution in [-0.2, 0) is 56.0 Å². The summed E-state index contributed by atoms with van der Waals surface area (Å²) in [7, 11) is 0. The summed E-state index contributed by atoms with van der Waals surface area (Å²) in [5.74, 6) is -7.70. The smallest absolute Gasteiger partial charge is 0.326 e. The minimum atomic E-state index is -1.33.